The molecule has 0 atom stereocenters. The number of nitrogens with two attached hydrogens (primary N) is 1. The molecule has 0 aromatic heterocycles. The van der Waals surface area contributed by atoms with E-state index in [0.29, 0.717) is 6.42 Å². The van der Waals surface area contributed by atoms with E-state index < -0.39 is 0 Å². The van der Waals surface area contributed by atoms with Crippen molar-refractivity contribution in [2.75, 3.05) is 18.8 Å². The van der Waals surface area contributed by atoms with Gasteiger partial charge in [0.15, 0.2) is 0 Å². The molecule has 1 aliphatic heterocycles. The average Bonchev–Trinajstić information content (AvgIpc) is 2.33. The van der Waals surface area contributed by atoms with Crippen LogP contribution in [0.1, 0.15) is 24.8 Å². The van der Waals surface area contributed by atoms with Crippen molar-refractivity contribution in [3.05, 3.63) is 29.8 Å². The van der Waals surface area contributed by atoms with Crippen LogP contribution in [0.15, 0.2) is 24.3 Å². The molecule has 1 aromatic rings. The smallest absolute Gasteiger partial charge is 0.238 e. The minimum Gasteiger partial charge on any atom is -0.399 e. The first kappa shape index (κ1) is 11.9. The molecule has 0 radical (unpaired) electrons. The fraction of sp³-hybridized carbons (Fsp3) is 0.462. The molecule has 0 bridgehead atoms. The van der Waals surface area contributed by atoms with Crippen molar-refractivity contribution in [2.45, 2.75) is 25.7 Å². The lowest BCUT2D eigenvalue weighted by Crippen LogP contribution is -2.45. The Labute approximate surface area is 102 Å². The zero-order valence-corrected chi connectivity index (χ0v) is 9.98. The van der Waals surface area contributed by atoms with E-state index in [1.54, 1.807) is 0 Å². The summed E-state index contributed by atoms with van der Waals surface area (Å²) in [4.78, 5) is 11.8. The highest BCUT2D eigenvalue weighted by atomic mass is 16.2. The van der Waals surface area contributed by atoms with E-state index in [0.717, 1.165) is 24.3 Å². The molecular weight excluding hydrogens is 214 g/mol. The molecule has 0 unspecified atom stereocenters. The summed E-state index contributed by atoms with van der Waals surface area (Å²) in [6.07, 6.45) is 4.02. The third-order valence-electron chi connectivity index (χ3n) is 2.98. The SMILES string of the molecule is Nc1ccc(CC(=O)NN2CCCCC2)cc1. The van der Waals surface area contributed by atoms with Gasteiger partial charge in [0, 0.05) is 18.8 Å². The van der Waals surface area contributed by atoms with Crippen LogP contribution in [-0.2, 0) is 11.2 Å². The van der Waals surface area contributed by atoms with Crippen LogP contribution >= 0.6 is 0 Å². The summed E-state index contributed by atoms with van der Waals surface area (Å²) in [7, 11) is 0. The summed E-state index contributed by atoms with van der Waals surface area (Å²) < 4.78 is 0. The van der Waals surface area contributed by atoms with Gasteiger partial charge in [-0.1, -0.05) is 18.6 Å². The molecule has 0 spiro atoms. The van der Waals surface area contributed by atoms with Crippen molar-refractivity contribution in [3.8, 4) is 0 Å². The zero-order chi connectivity index (χ0) is 12.1. The third kappa shape index (κ3) is 3.75. The van der Waals surface area contributed by atoms with Gasteiger partial charge < -0.3 is 5.73 Å². The van der Waals surface area contributed by atoms with Crippen LogP contribution in [0.3, 0.4) is 0 Å². The van der Waals surface area contributed by atoms with Gasteiger partial charge in [-0.05, 0) is 30.5 Å². The molecule has 92 valence electrons. The van der Waals surface area contributed by atoms with Gasteiger partial charge in [0.2, 0.25) is 5.91 Å². The molecule has 1 saturated heterocycles. The second kappa shape index (κ2) is 5.68. The molecule has 2 rings (SSSR count). The number of nitrogens with one attached hydrogen (secondary N) is 1. The maximum absolute atomic E-state index is 11.8. The maximum Gasteiger partial charge on any atom is 0.238 e. The summed E-state index contributed by atoms with van der Waals surface area (Å²) in [6, 6.07) is 7.43. The Morgan fingerprint density at radius 2 is 1.82 bits per heavy atom. The van der Waals surface area contributed by atoms with Gasteiger partial charge in [-0.3, -0.25) is 10.2 Å². The van der Waals surface area contributed by atoms with Gasteiger partial charge in [-0.2, -0.15) is 0 Å². The largest absolute Gasteiger partial charge is 0.399 e. The topological polar surface area (TPSA) is 58.4 Å². The van der Waals surface area contributed by atoms with Gasteiger partial charge in [-0.15, -0.1) is 0 Å². The fourth-order valence-electron chi connectivity index (χ4n) is 2.04. The van der Waals surface area contributed by atoms with Gasteiger partial charge in [0.1, 0.15) is 0 Å². The maximum atomic E-state index is 11.8. The van der Waals surface area contributed by atoms with E-state index in [9.17, 15) is 4.79 Å². The highest BCUT2D eigenvalue weighted by Crippen LogP contribution is 2.08. The van der Waals surface area contributed by atoms with Crippen molar-refractivity contribution in [1.29, 1.82) is 0 Å². The molecule has 1 aromatic carbocycles. The van der Waals surface area contributed by atoms with E-state index in [1.165, 1.54) is 19.3 Å². The average molecular weight is 233 g/mol. The Morgan fingerprint density at radius 3 is 2.47 bits per heavy atom. The predicted molar refractivity (Wildman–Crippen MR) is 68.1 cm³/mol. The summed E-state index contributed by atoms with van der Waals surface area (Å²) >= 11 is 0. The lowest BCUT2D eigenvalue weighted by Gasteiger charge is -2.26. The number of hydrogen-bond acceptors (Lipinski definition) is 3. The number of nitrogens with zero attached hydrogens (tertiary/aromatic N) is 1. The first-order chi connectivity index (χ1) is 8.24. The minimum atomic E-state index is 0.0525. The number of hydrogen-bond donors (Lipinski definition) is 2. The van der Waals surface area contributed by atoms with Crippen LogP contribution in [0.2, 0.25) is 0 Å². The third-order valence-corrected chi connectivity index (χ3v) is 2.98. The number of hydrazine groups is 1. The number of amides is 1. The molecule has 0 aliphatic carbocycles. The fourth-order valence-corrected chi connectivity index (χ4v) is 2.04. The lowest BCUT2D eigenvalue weighted by molar-refractivity contribution is -0.125. The van der Waals surface area contributed by atoms with Crippen molar-refractivity contribution in [3.63, 3.8) is 0 Å². The Morgan fingerprint density at radius 1 is 1.18 bits per heavy atom. The van der Waals surface area contributed by atoms with Crippen LogP contribution < -0.4 is 11.2 Å². The second-order valence-electron chi connectivity index (χ2n) is 4.50. The Balaban J connectivity index is 1.82. The number of carbonyl (C=O) groups is 1. The van der Waals surface area contributed by atoms with Gasteiger partial charge in [-0.25, -0.2) is 5.01 Å². The van der Waals surface area contributed by atoms with Crippen LogP contribution in [0, 0.1) is 0 Å². The summed E-state index contributed by atoms with van der Waals surface area (Å²) in [6.45, 7) is 1.93. The van der Waals surface area contributed by atoms with E-state index in [1.807, 2.05) is 29.3 Å². The highest BCUT2D eigenvalue weighted by Gasteiger charge is 2.12. The molecule has 17 heavy (non-hydrogen) atoms. The van der Waals surface area contributed by atoms with Crippen LogP contribution in [0.4, 0.5) is 5.69 Å². The summed E-state index contributed by atoms with van der Waals surface area (Å²) in [5, 5.41) is 2.02. The molecule has 1 amide bonds. The number of anilines is 1. The summed E-state index contributed by atoms with van der Waals surface area (Å²) in [5.74, 6) is 0.0525. The molecule has 0 saturated carbocycles. The number of nitrogen functional groups attached to an aromatic ring is 1. The standard InChI is InChI=1S/C13H19N3O/c14-12-6-4-11(5-7-12)10-13(17)15-16-8-2-1-3-9-16/h4-7H,1-3,8-10,14H2,(H,15,17). The number of carbonyl (C=O) groups excluding carboxylic acids is 1. The predicted octanol–water partition coefficient (Wildman–Crippen LogP) is 1.33. The summed E-state index contributed by atoms with van der Waals surface area (Å²) in [5.41, 5.74) is 10.3. The molecule has 4 nitrogen and oxygen atoms in total. The highest BCUT2D eigenvalue weighted by molar-refractivity contribution is 5.78. The van der Waals surface area contributed by atoms with Gasteiger partial charge in [0.05, 0.1) is 6.42 Å². The van der Waals surface area contributed by atoms with Crippen molar-refractivity contribution >= 4 is 11.6 Å². The molecular formula is C13H19N3O. The number of benzene rings is 1. The van der Waals surface area contributed by atoms with E-state index in [-0.39, 0.29) is 5.91 Å². The Hall–Kier alpha value is -1.55. The van der Waals surface area contributed by atoms with E-state index in [4.69, 9.17) is 5.73 Å². The number of piperidine rings is 1. The van der Waals surface area contributed by atoms with E-state index >= 15 is 0 Å². The van der Waals surface area contributed by atoms with Crippen LogP contribution in [0.5, 0.6) is 0 Å². The Kier molecular flexibility index (Phi) is 3.98. The molecule has 3 N–H and O–H groups in total. The van der Waals surface area contributed by atoms with Gasteiger partial charge >= 0.3 is 0 Å². The quantitative estimate of drug-likeness (QED) is 0.774. The first-order valence-electron chi connectivity index (χ1n) is 6.13. The van der Waals surface area contributed by atoms with Crippen molar-refractivity contribution in [1.82, 2.24) is 10.4 Å². The molecule has 1 aliphatic rings. The van der Waals surface area contributed by atoms with E-state index in [2.05, 4.69) is 5.43 Å². The molecule has 1 fully saturated rings. The second-order valence-corrected chi connectivity index (χ2v) is 4.50. The minimum absolute atomic E-state index is 0.0525. The normalized spacial score (nSPS) is 16.7. The van der Waals surface area contributed by atoms with Gasteiger partial charge in [0.25, 0.3) is 0 Å². The van der Waals surface area contributed by atoms with Crippen molar-refractivity contribution in [2.24, 2.45) is 0 Å². The molecule has 1 heterocycles. The number of rotatable bonds is 3. The molecule has 4 heteroatoms. The monoisotopic (exact) mass is 233 g/mol. The first-order valence-corrected chi connectivity index (χ1v) is 6.13. The Bertz CT molecular complexity index is 369. The van der Waals surface area contributed by atoms with Crippen LogP contribution in [0.25, 0.3) is 0 Å². The van der Waals surface area contributed by atoms with Crippen molar-refractivity contribution < 1.29 is 4.79 Å². The zero-order valence-electron chi connectivity index (χ0n) is 9.98. The van der Waals surface area contributed by atoms with Crippen LogP contribution in [-0.4, -0.2) is 24.0 Å². The lowest BCUT2D eigenvalue weighted by atomic mass is 10.1.